The quantitative estimate of drug-likeness (QED) is 0.292. The smallest absolute Gasteiger partial charge is 0.305 e. The van der Waals surface area contributed by atoms with E-state index in [0.29, 0.717) is 33.8 Å². The van der Waals surface area contributed by atoms with E-state index in [0.717, 1.165) is 27.3 Å². The Labute approximate surface area is 237 Å². The van der Waals surface area contributed by atoms with Gasteiger partial charge >= 0.3 is 4.87 Å². The largest absolute Gasteiger partial charge is 0.493 e. The second-order valence-corrected chi connectivity index (χ2v) is 12.0. The molecular weight excluding hydrogens is 556 g/mol. The zero-order chi connectivity index (χ0) is 27.3. The van der Waals surface area contributed by atoms with E-state index in [4.69, 9.17) is 21.1 Å². The van der Waals surface area contributed by atoms with Crippen LogP contribution < -0.4 is 19.2 Å². The van der Waals surface area contributed by atoms with Gasteiger partial charge in [-0.15, -0.1) is 0 Å². The summed E-state index contributed by atoms with van der Waals surface area (Å²) < 4.78 is 11.7. The van der Waals surface area contributed by atoms with Crippen molar-refractivity contribution in [3.8, 4) is 11.5 Å². The molecule has 2 amide bonds. The maximum absolute atomic E-state index is 13.9. The molecule has 0 radical (unpaired) electrons. The molecule has 0 unspecified atom stereocenters. The molecule has 3 heterocycles. The molecule has 2 aliphatic heterocycles. The van der Waals surface area contributed by atoms with E-state index in [2.05, 4.69) is 4.98 Å². The lowest BCUT2D eigenvalue weighted by Crippen LogP contribution is -2.32. The number of ether oxygens (including phenoxy) is 2. The topological polar surface area (TPSA) is 88.7 Å². The number of halogens is 1. The average Bonchev–Trinajstić information content (AvgIpc) is 3.43. The van der Waals surface area contributed by atoms with Gasteiger partial charge in [-0.25, -0.2) is 4.90 Å². The Kier molecular flexibility index (Phi) is 6.74. The summed E-state index contributed by atoms with van der Waals surface area (Å²) in [7, 11) is 1.56. The van der Waals surface area contributed by atoms with Crippen LogP contribution in [-0.4, -0.2) is 29.2 Å². The Hall–Kier alpha value is -3.53. The molecule has 1 saturated heterocycles. The number of hydrogen-bond donors (Lipinski definition) is 1. The minimum atomic E-state index is -0.693. The molecule has 1 fully saturated rings. The number of rotatable bonds is 6. The first-order valence-corrected chi connectivity index (χ1v) is 14.3. The van der Waals surface area contributed by atoms with Crippen LogP contribution in [0.25, 0.3) is 0 Å². The highest BCUT2D eigenvalue weighted by Gasteiger charge is 2.56. The summed E-state index contributed by atoms with van der Waals surface area (Å²) in [6.07, 6.45) is 0. The fourth-order valence-electron chi connectivity index (χ4n) is 5.06. The number of benzene rings is 3. The molecule has 3 aromatic carbocycles. The standard InChI is InChI=1S/C29H23ClN2O5S2/c1-15-3-5-16(6-4-15)14-37-20-12-7-17(13-21(20)36-2)22-23-25(38-26-24(22)39-29(35)31-26)28(34)32(27(23)33)19-10-8-18(30)9-11-19/h3-13,22-23,25H,14H2,1-2H3,(H,31,35)/t22-,23-,25+/m0/s1. The van der Waals surface area contributed by atoms with Gasteiger partial charge in [0.2, 0.25) is 11.8 Å². The van der Waals surface area contributed by atoms with Crippen LogP contribution in [0.1, 0.15) is 27.5 Å². The number of anilines is 1. The lowest BCUT2D eigenvalue weighted by molar-refractivity contribution is -0.122. The highest BCUT2D eigenvalue weighted by atomic mass is 35.5. The molecular formula is C29H23ClN2O5S2. The number of aromatic nitrogens is 1. The monoisotopic (exact) mass is 578 g/mol. The number of H-pyrrole nitrogens is 1. The van der Waals surface area contributed by atoms with Gasteiger partial charge in [0, 0.05) is 15.8 Å². The SMILES string of the molecule is COc1cc([C@@H]2c3sc(=O)[nH]c3S[C@H]3C(=O)N(c4ccc(Cl)cc4)C(=O)[C@@H]23)ccc1OCc1ccc(C)cc1. The van der Waals surface area contributed by atoms with Crippen LogP contribution in [0, 0.1) is 12.8 Å². The minimum absolute atomic E-state index is 0.225. The summed E-state index contributed by atoms with van der Waals surface area (Å²) in [6.45, 7) is 2.40. The number of methoxy groups -OCH3 is 1. The number of aromatic amines is 1. The normalized spacial score (nSPS) is 20.1. The van der Waals surface area contributed by atoms with Gasteiger partial charge in [0.25, 0.3) is 0 Å². The van der Waals surface area contributed by atoms with Crippen molar-refractivity contribution in [1.82, 2.24) is 4.98 Å². The third-order valence-electron chi connectivity index (χ3n) is 6.97. The van der Waals surface area contributed by atoms with Crippen LogP contribution >= 0.6 is 34.7 Å². The highest BCUT2D eigenvalue weighted by molar-refractivity contribution is 8.00. The van der Waals surface area contributed by atoms with E-state index >= 15 is 0 Å². The second-order valence-electron chi connectivity index (χ2n) is 9.42. The number of nitrogens with zero attached hydrogens (tertiary/aromatic N) is 1. The van der Waals surface area contributed by atoms with Crippen molar-refractivity contribution in [2.24, 2.45) is 5.92 Å². The number of carbonyl (C=O) groups excluding carboxylic acids is 2. The number of imide groups is 1. The van der Waals surface area contributed by atoms with Gasteiger partial charge in [-0.2, -0.15) is 0 Å². The molecule has 3 atom stereocenters. The number of thioether (sulfide) groups is 1. The van der Waals surface area contributed by atoms with Crippen LogP contribution in [0.4, 0.5) is 5.69 Å². The Morgan fingerprint density at radius 2 is 1.69 bits per heavy atom. The van der Waals surface area contributed by atoms with Gasteiger partial charge in [-0.1, -0.05) is 70.6 Å². The van der Waals surface area contributed by atoms with Gasteiger partial charge in [-0.3, -0.25) is 14.4 Å². The maximum Gasteiger partial charge on any atom is 0.305 e. The van der Waals surface area contributed by atoms with Gasteiger partial charge in [0.15, 0.2) is 11.5 Å². The Bertz CT molecular complexity index is 1630. The van der Waals surface area contributed by atoms with Crippen LogP contribution in [0.2, 0.25) is 5.02 Å². The van der Waals surface area contributed by atoms with E-state index in [9.17, 15) is 14.4 Å². The zero-order valence-electron chi connectivity index (χ0n) is 21.0. The van der Waals surface area contributed by atoms with Crippen molar-refractivity contribution in [1.29, 1.82) is 0 Å². The first-order valence-electron chi connectivity index (χ1n) is 12.2. The number of aryl methyl sites for hydroxylation is 1. The molecule has 2 aliphatic rings. The molecule has 0 saturated carbocycles. The predicted octanol–water partition coefficient (Wildman–Crippen LogP) is 5.78. The summed E-state index contributed by atoms with van der Waals surface area (Å²) in [4.78, 5) is 44.4. The van der Waals surface area contributed by atoms with Crippen molar-refractivity contribution < 1.29 is 19.1 Å². The van der Waals surface area contributed by atoms with Crippen molar-refractivity contribution in [2.75, 3.05) is 12.0 Å². The van der Waals surface area contributed by atoms with E-state index in [1.807, 2.05) is 49.4 Å². The fraction of sp³-hybridized carbons (Fsp3) is 0.207. The number of nitrogens with one attached hydrogen (secondary N) is 1. The Morgan fingerprint density at radius 1 is 0.949 bits per heavy atom. The van der Waals surface area contributed by atoms with Crippen molar-refractivity contribution in [3.05, 3.63) is 103 Å². The van der Waals surface area contributed by atoms with E-state index in [-0.39, 0.29) is 16.7 Å². The third-order valence-corrected chi connectivity index (χ3v) is 9.62. The van der Waals surface area contributed by atoms with Crippen LogP contribution in [0.3, 0.4) is 0 Å². The van der Waals surface area contributed by atoms with Crippen molar-refractivity contribution in [3.63, 3.8) is 0 Å². The summed E-state index contributed by atoms with van der Waals surface area (Å²) in [6, 6.07) is 20.2. The summed E-state index contributed by atoms with van der Waals surface area (Å²) >= 11 is 8.34. The molecule has 0 spiro atoms. The average molecular weight is 579 g/mol. The number of fused-ring (bicyclic) bond motifs is 2. The first kappa shape index (κ1) is 25.7. The van der Waals surface area contributed by atoms with Crippen molar-refractivity contribution in [2.45, 2.75) is 29.7 Å². The Morgan fingerprint density at radius 3 is 2.41 bits per heavy atom. The van der Waals surface area contributed by atoms with E-state index in [1.54, 1.807) is 31.4 Å². The molecule has 1 aromatic heterocycles. The highest BCUT2D eigenvalue weighted by Crippen LogP contribution is 2.53. The molecule has 39 heavy (non-hydrogen) atoms. The van der Waals surface area contributed by atoms with E-state index in [1.165, 1.54) is 22.2 Å². The van der Waals surface area contributed by atoms with Crippen LogP contribution in [0.5, 0.6) is 11.5 Å². The lowest BCUT2D eigenvalue weighted by atomic mass is 9.83. The van der Waals surface area contributed by atoms with Crippen LogP contribution in [-0.2, 0) is 16.2 Å². The lowest BCUT2D eigenvalue weighted by Gasteiger charge is -2.30. The van der Waals surface area contributed by atoms with Crippen molar-refractivity contribution >= 4 is 52.2 Å². The van der Waals surface area contributed by atoms with Crippen LogP contribution in [0.15, 0.2) is 76.6 Å². The third kappa shape index (κ3) is 4.64. The second kappa shape index (κ2) is 10.2. The van der Waals surface area contributed by atoms with E-state index < -0.39 is 17.1 Å². The van der Waals surface area contributed by atoms with Gasteiger partial charge in [0.05, 0.1) is 23.7 Å². The summed E-state index contributed by atoms with van der Waals surface area (Å²) in [5.41, 5.74) is 3.43. The molecule has 0 aliphatic carbocycles. The van der Waals surface area contributed by atoms with Gasteiger partial charge in [0.1, 0.15) is 11.9 Å². The molecule has 1 N–H and O–H groups in total. The Balaban J connectivity index is 1.37. The number of thiazole rings is 1. The van der Waals surface area contributed by atoms with Gasteiger partial charge in [-0.05, 0) is 54.4 Å². The predicted molar refractivity (Wildman–Crippen MR) is 152 cm³/mol. The first-order chi connectivity index (χ1) is 18.8. The number of hydrogen-bond acceptors (Lipinski definition) is 7. The fourth-order valence-corrected chi connectivity index (χ4v) is 7.70. The summed E-state index contributed by atoms with van der Waals surface area (Å²) in [5, 5.41) is 0.451. The van der Waals surface area contributed by atoms with Gasteiger partial charge < -0.3 is 14.5 Å². The molecule has 0 bridgehead atoms. The molecule has 4 aromatic rings. The number of carbonyl (C=O) groups is 2. The maximum atomic E-state index is 13.9. The molecule has 7 nitrogen and oxygen atoms in total. The minimum Gasteiger partial charge on any atom is -0.493 e. The molecule has 6 rings (SSSR count). The summed E-state index contributed by atoms with van der Waals surface area (Å²) in [5.74, 6) is -0.766. The molecule has 198 valence electrons. The molecule has 10 heteroatoms. The number of amides is 2. The zero-order valence-corrected chi connectivity index (χ0v) is 23.4.